The zero-order valence-electron chi connectivity index (χ0n) is 17.6. The van der Waals surface area contributed by atoms with Gasteiger partial charge in [-0.15, -0.1) is 0 Å². The molecule has 0 atom stereocenters. The summed E-state index contributed by atoms with van der Waals surface area (Å²) in [4.78, 5) is 12.8. The van der Waals surface area contributed by atoms with Crippen LogP contribution in [0.25, 0.3) is 0 Å². The molecule has 0 spiro atoms. The molecule has 7 nitrogen and oxygen atoms in total. The minimum Gasteiger partial charge on any atom is -0.490 e. The summed E-state index contributed by atoms with van der Waals surface area (Å²) in [7, 11) is -3.31. The van der Waals surface area contributed by atoms with Gasteiger partial charge < -0.3 is 14.8 Å². The number of hydrogen-bond donors (Lipinski definition) is 1. The number of ether oxygens (including phenoxy) is 2. The third-order valence-electron chi connectivity index (χ3n) is 4.72. The summed E-state index contributed by atoms with van der Waals surface area (Å²) in [6.07, 6.45) is 3.53. The Labute approximate surface area is 178 Å². The van der Waals surface area contributed by atoms with Gasteiger partial charge in [-0.05, 0) is 55.2 Å². The molecule has 0 unspecified atom stereocenters. The quantitative estimate of drug-likeness (QED) is 0.651. The van der Waals surface area contributed by atoms with Crippen molar-refractivity contribution in [3.05, 3.63) is 47.5 Å². The van der Waals surface area contributed by atoms with Crippen molar-refractivity contribution in [3.63, 3.8) is 0 Å². The summed E-state index contributed by atoms with van der Waals surface area (Å²) in [5.41, 5.74) is 2.57. The summed E-state index contributed by atoms with van der Waals surface area (Å²) in [5, 5.41) is 2.88. The van der Waals surface area contributed by atoms with Gasteiger partial charge in [-0.3, -0.25) is 9.10 Å². The Bertz CT molecular complexity index is 1020. The molecule has 2 aromatic carbocycles. The van der Waals surface area contributed by atoms with Gasteiger partial charge in [0, 0.05) is 23.9 Å². The van der Waals surface area contributed by atoms with Crippen LogP contribution >= 0.6 is 0 Å². The van der Waals surface area contributed by atoms with Crippen LogP contribution in [0.5, 0.6) is 11.5 Å². The molecule has 0 saturated heterocycles. The normalized spacial score (nSPS) is 13.1. The van der Waals surface area contributed by atoms with E-state index in [4.69, 9.17) is 9.47 Å². The lowest BCUT2D eigenvalue weighted by Gasteiger charge is -2.16. The first-order valence-electron chi connectivity index (χ1n) is 10.1. The van der Waals surface area contributed by atoms with Crippen LogP contribution in [0.1, 0.15) is 42.6 Å². The summed E-state index contributed by atoms with van der Waals surface area (Å²) in [5.74, 6) is 0.988. The van der Waals surface area contributed by atoms with E-state index in [1.54, 1.807) is 36.4 Å². The highest BCUT2D eigenvalue weighted by atomic mass is 32.2. The van der Waals surface area contributed by atoms with Crippen LogP contribution in [-0.4, -0.2) is 40.3 Å². The summed E-state index contributed by atoms with van der Waals surface area (Å²) in [6, 6.07) is 10.4. The standard InChI is InChI=1S/C22H28N2O5S/c1-4-12-28-20-9-7-18(15-21(20)29-13-5-2)23-22(25)17-6-8-19-16(14-17)10-11-24(19)30(3,26)27/h6-9,14-15H,4-5,10-13H2,1-3H3,(H,23,25). The van der Waals surface area contributed by atoms with Crippen molar-refractivity contribution in [2.24, 2.45) is 0 Å². The van der Waals surface area contributed by atoms with Gasteiger partial charge in [0.25, 0.3) is 5.91 Å². The lowest BCUT2D eigenvalue weighted by Crippen LogP contribution is -2.27. The molecule has 8 heteroatoms. The van der Waals surface area contributed by atoms with E-state index in [0.29, 0.717) is 54.6 Å². The second-order valence-electron chi connectivity index (χ2n) is 7.24. The Balaban J connectivity index is 1.77. The zero-order valence-corrected chi connectivity index (χ0v) is 18.4. The third-order valence-corrected chi connectivity index (χ3v) is 5.90. The van der Waals surface area contributed by atoms with E-state index in [1.165, 1.54) is 10.6 Å². The van der Waals surface area contributed by atoms with E-state index < -0.39 is 10.0 Å². The van der Waals surface area contributed by atoms with E-state index in [0.717, 1.165) is 18.4 Å². The first-order chi connectivity index (χ1) is 14.3. The Hall–Kier alpha value is -2.74. The average molecular weight is 433 g/mol. The van der Waals surface area contributed by atoms with Crippen LogP contribution in [0.3, 0.4) is 0 Å². The van der Waals surface area contributed by atoms with Crippen molar-refractivity contribution >= 4 is 27.3 Å². The highest BCUT2D eigenvalue weighted by Crippen LogP contribution is 2.33. The summed E-state index contributed by atoms with van der Waals surface area (Å²) >= 11 is 0. The van der Waals surface area contributed by atoms with Crippen LogP contribution in [-0.2, 0) is 16.4 Å². The van der Waals surface area contributed by atoms with Crippen molar-refractivity contribution in [2.45, 2.75) is 33.1 Å². The van der Waals surface area contributed by atoms with E-state index in [-0.39, 0.29) is 5.91 Å². The summed E-state index contributed by atoms with van der Waals surface area (Å²) in [6.45, 7) is 5.61. The first-order valence-corrected chi connectivity index (χ1v) is 12.0. The molecule has 0 aromatic heterocycles. The van der Waals surface area contributed by atoms with Gasteiger partial charge in [-0.2, -0.15) is 0 Å². The maximum absolute atomic E-state index is 12.8. The Morgan fingerprint density at radius 2 is 1.73 bits per heavy atom. The fourth-order valence-corrected chi connectivity index (χ4v) is 4.26. The topological polar surface area (TPSA) is 84.9 Å². The van der Waals surface area contributed by atoms with Crippen LogP contribution in [0.15, 0.2) is 36.4 Å². The largest absolute Gasteiger partial charge is 0.490 e. The molecule has 0 bridgehead atoms. The van der Waals surface area contributed by atoms with Gasteiger partial charge in [-0.25, -0.2) is 8.42 Å². The van der Waals surface area contributed by atoms with Crippen molar-refractivity contribution in [2.75, 3.05) is 35.6 Å². The maximum Gasteiger partial charge on any atom is 0.255 e. The predicted molar refractivity (Wildman–Crippen MR) is 118 cm³/mol. The first kappa shape index (κ1) is 22.0. The number of rotatable bonds is 9. The highest BCUT2D eigenvalue weighted by molar-refractivity contribution is 7.92. The van der Waals surface area contributed by atoms with Gasteiger partial charge in [0.2, 0.25) is 10.0 Å². The molecule has 1 aliphatic rings. The zero-order chi connectivity index (χ0) is 21.7. The molecule has 1 heterocycles. The number of carbonyl (C=O) groups excluding carboxylic acids is 1. The fraction of sp³-hybridized carbons (Fsp3) is 0.409. The molecule has 0 aliphatic carbocycles. The van der Waals surface area contributed by atoms with Crippen molar-refractivity contribution in [3.8, 4) is 11.5 Å². The number of sulfonamides is 1. The second-order valence-corrected chi connectivity index (χ2v) is 9.15. The number of nitrogens with one attached hydrogen (secondary N) is 1. The number of benzene rings is 2. The number of hydrogen-bond acceptors (Lipinski definition) is 5. The fourth-order valence-electron chi connectivity index (χ4n) is 3.30. The Morgan fingerprint density at radius 3 is 2.40 bits per heavy atom. The van der Waals surface area contributed by atoms with Gasteiger partial charge in [0.05, 0.1) is 25.2 Å². The highest BCUT2D eigenvalue weighted by Gasteiger charge is 2.26. The molecule has 0 fully saturated rings. The van der Waals surface area contributed by atoms with Crippen molar-refractivity contribution in [1.29, 1.82) is 0 Å². The Morgan fingerprint density at radius 1 is 1.03 bits per heavy atom. The van der Waals surface area contributed by atoms with E-state index in [2.05, 4.69) is 5.32 Å². The molecule has 30 heavy (non-hydrogen) atoms. The third kappa shape index (κ3) is 5.05. The predicted octanol–water partition coefficient (Wildman–Crippen LogP) is 3.84. The number of nitrogens with zero attached hydrogens (tertiary/aromatic N) is 1. The summed E-state index contributed by atoms with van der Waals surface area (Å²) < 4.78 is 36.6. The van der Waals surface area contributed by atoms with Gasteiger partial charge in [0.1, 0.15) is 0 Å². The van der Waals surface area contributed by atoms with Gasteiger partial charge >= 0.3 is 0 Å². The Kier molecular flexibility index (Phi) is 6.87. The smallest absolute Gasteiger partial charge is 0.255 e. The number of amides is 1. The second kappa shape index (κ2) is 9.38. The monoisotopic (exact) mass is 432 g/mol. The maximum atomic E-state index is 12.8. The molecule has 3 rings (SSSR count). The molecular formula is C22H28N2O5S. The molecule has 1 aliphatic heterocycles. The minimum absolute atomic E-state index is 0.265. The minimum atomic E-state index is -3.31. The average Bonchev–Trinajstić information content (AvgIpc) is 3.15. The molecular weight excluding hydrogens is 404 g/mol. The van der Waals surface area contributed by atoms with Crippen LogP contribution < -0.4 is 19.1 Å². The number of carbonyl (C=O) groups is 1. The molecule has 2 aromatic rings. The lowest BCUT2D eigenvalue weighted by atomic mass is 10.1. The van der Waals surface area contributed by atoms with Crippen LogP contribution in [0, 0.1) is 0 Å². The van der Waals surface area contributed by atoms with E-state index in [1.807, 2.05) is 13.8 Å². The van der Waals surface area contributed by atoms with Crippen LogP contribution in [0.2, 0.25) is 0 Å². The van der Waals surface area contributed by atoms with Crippen LogP contribution in [0.4, 0.5) is 11.4 Å². The van der Waals surface area contributed by atoms with E-state index in [9.17, 15) is 13.2 Å². The number of anilines is 2. The molecule has 162 valence electrons. The lowest BCUT2D eigenvalue weighted by molar-refractivity contribution is 0.102. The van der Waals surface area contributed by atoms with E-state index >= 15 is 0 Å². The number of fused-ring (bicyclic) bond motifs is 1. The van der Waals surface area contributed by atoms with Crippen molar-refractivity contribution in [1.82, 2.24) is 0 Å². The molecule has 1 N–H and O–H groups in total. The molecule has 0 saturated carbocycles. The molecule has 0 radical (unpaired) electrons. The van der Waals surface area contributed by atoms with Gasteiger partial charge in [-0.1, -0.05) is 13.8 Å². The SMILES string of the molecule is CCCOc1ccc(NC(=O)c2ccc3c(c2)CCN3S(C)(=O)=O)cc1OCCC. The van der Waals surface area contributed by atoms with Gasteiger partial charge in [0.15, 0.2) is 11.5 Å². The van der Waals surface area contributed by atoms with Crippen molar-refractivity contribution < 1.29 is 22.7 Å². The molecule has 1 amide bonds.